The Hall–Kier alpha value is -1.74. The molecule has 0 aromatic heterocycles. The van der Waals surface area contributed by atoms with Crippen molar-refractivity contribution in [3.05, 3.63) is 134 Å². The number of hydrogen-bond donors (Lipinski definition) is 0. The molecule has 3 atom stereocenters. The second kappa shape index (κ2) is 19.2. The van der Waals surface area contributed by atoms with Gasteiger partial charge in [0.2, 0.25) is 0 Å². The van der Waals surface area contributed by atoms with Crippen molar-refractivity contribution >= 4 is 37.1 Å². The Morgan fingerprint density at radius 1 is 0.511 bits per heavy atom. The topological polar surface area (TPSA) is 0 Å². The van der Waals surface area contributed by atoms with Crippen LogP contribution in [0.2, 0.25) is 0 Å². The van der Waals surface area contributed by atoms with E-state index in [9.17, 15) is 0 Å². The number of aryl methyl sites for hydroxylation is 4. The zero-order chi connectivity index (χ0) is 29.5. The molecular formula is C42H56FeP2. The predicted octanol–water partition coefficient (Wildman–Crippen LogP) is 10.9. The molecule has 0 radical (unpaired) electrons. The van der Waals surface area contributed by atoms with Gasteiger partial charge < -0.3 is 14.9 Å². The maximum Gasteiger partial charge on any atom is 2.00 e. The molecule has 2 fully saturated rings. The summed E-state index contributed by atoms with van der Waals surface area (Å²) in [6, 6.07) is 37.4. The summed E-state index contributed by atoms with van der Waals surface area (Å²) >= 11 is 0. The molecule has 2 unspecified atom stereocenters. The SMILES string of the molecule is C1CCCC1.Cc1cc(C)cc(P(c2cc(C)cc(C)c2)[C@@H](C)C2CCCC2P(c2ccccc2)c2ccccc2)c1.[CH3-].[CH3-].[Fe+2]. The molecule has 4 aromatic rings. The van der Waals surface area contributed by atoms with E-state index in [0.29, 0.717) is 5.66 Å². The maximum atomic E-state index is 2.59. The molecule has 2 saturated carbocycles. The van der Waals surface area contributed by atoms with E-state index in [4.69, 9.17) is 0 Å². The average molecular weight is 679 g/mol. The van der Waals surface area contributed by atoms with E-state index in [1.165, 1.54) is 84.2 Å². The molecule has 6 rings (SSSR count). The molecule has 2 aliphatic carbocycles. The van der Waals surface area contributed by atoms with Gasteiger partial charge in [-0.25, -0.2) is 0 Å². The van der Waals surface area contributed by atoms with Gasteiger partial charge in [-0.2, -0.15) is 0 Å². The van der Waals surface area contributed by atoms with Crippen LogP contribution in [0.25, 0.3) is 0 Å². The fourth-order valence-corrected chi connectivity index (χ4v) is 14.2. The summed E-state index contributed by atoms with van der Waals surface area (Å²) in [6.07, 6.45) is 11.5. The molecule has 0 heterocycles. The summed E-state index contributed by atoms with van der Waals surface area (Å²) in [5, 5.41) is 6.18. The van der Waals surface area contributed by atoms with E-state index >= 15 is 0 Å². The van der Waals surface area contributed by atoms with Crippen LogP contribution < -0.4 is 21.2 Å². The molecule has 242 valence electrons. The van der Waals surface area contributed by atoms with E-state index in [2.05, 4.69) is 132 Å². The van der Waals surface area contributed by atoms with E-state index in [1.54, 1.807) is 10.6 Å². The molecule has 0 aliphatic heterocycles. The van der Waals surface area contributed by atoms with Crippen molar-refractivity contribution in [2.24, 2.45) is 5.92 Å². The van der Waals surface area contributed by atoms with Gasteiger partial charge >= 0.3 is 17.1 Å². The molecule has 0 spiro atoms. The first-order valence-electron chi connectivity index (χ1n) is 16.3. The number of rotatable bonds is 7. The molecular weight excluding hydrogens is 622 g/mol. The zero-order valence-corrected chi connectivity index (χ0v) is 31.8. The van der Waals surface area contributed by atoms with Gasteiger partial charge in [-0.3, -0.25) is 0 Å². The van der Waals surface area contributed by atoms with Crippen molar-refractivity contribution in [2.45, 2.75) is 97.3 Å². The summed E-state index contributed by atoms with van der Waals surface area (Å²) in [4.78, 5) is 0. The van der Waals surface area contributed by atoms with Crippen LogP contribution in [0.3, 0.4) is 0 Å². The summed E-state index contributed by atoms with van der Waals surface area (Å²) in [7, 11) is -0.868. The van der Waals surface area contributed by atoms with Crippen molar-refractivity contribution in [1.82, 2.24) is 0 Å². The molecule has 0 saturated heterocycles. The first kappa shape index (κ1) is 39.4. The normalized spacial score (nSPS) is 17.8. The molecule has 3 heteroatoms. The minimum atomic E-state index is -0.467. The first-order valence-corrected chi connectivity index (χ1v) is 19.1. The molecule has 2 aliphatic rings. The van der Waals surface area contributed by atoms with Crippen LogP contribution in [-0.2, 0) is 17.1 Å². The van der Waals surface area contributed by atoms with Gasteiger partial charge in [-0.1, -0.05) is 165 Å². The van der Waals surface area contributed by atoms with Gasteiger partial charge in [0.25, 0.3) is 0 Å². The first-order chi connectivity index (χ1) is 20.4. The maximum absolute atomic E-state index is 2.59. The summed E-state index contributed by atoms with van der Waals surface area (Å²) < 4.78 is 0. The number of benzene rings is 4. The van der Waals surface area contributed by atoms with Crippen LogP contribution in [0.5, 0.6) is 0 Å². The minimum Gasteiger partial charge on any atom is -0.358 e. The largest absolute Gasteiger partial charge is 2.00 e. The third-order valence-corrected chi connectivity index (χ3v) is 15.0. The molecule has 0 bridgehead atoms. The molecule has 0 amide bonds. The van der Waals surface area contributed by atoms with E-state index in [0.717, 1.165) is 11.6 Å². The Morgan fingerprint density at radius 3 is 1.27 bits per heavy atom. The fraction of sp³-hybridized carbons (Fsp3) is 0.381. The molecule has 45 heavy (non-hydrogen) atoms. The third kappa shape index (κ3) is 10.4. The molecule has 0 nitrogen and oxygen atoms in total. The molecule has 0 N–H and O–H groups in total. The predicted molar refractivity (Wildman–Crippen MR) is 204 cm³/mol. The third-order valence-electron chi connectivity index (χ3n) is 9.18. The molecule has 4 aromatic carbocycles. The quantitative estimate of drug-likeness (QED) is 0.104. The van der Waals surface area contributed by atoms with Crippen LogP contribution in [0.1, 0.15) is 80.5 Å². The Labute approximate surface area is 290 Å². The monoisotopic (exact) mass is 678 g/mol. The van der Waals surface area contributed by atoms with Crippen molar-refractivity contribution < 1.29 is 17.1 Å². The summed E-state index contributed by atoms with van der Waals surface area (Å²) in [5.74, 6) is 0.722. The summed E-state index contributed by atoms with van der Waals surface area (Å²) in [6.45, 7) is 11.6. The second-order valence-corrected chi connectivity index (χ2v) is 17.8. The van der Waals surface area contributed by atoms with E-state index in [-0.39, 0.29) is 31.9 Å². The van der Waals surface area contributed by atoms with Crippen molar-refractivity contribution in [2.75, 3.05) is 0 Å². The number of hydrogen-bond acceptors (Lipinski definition) is 0. The van der Waals surface area contributed by atoms with Crippen LogP contribution in [0.15, 0.2) is 97.1 Å². The van der Waals surface area contributed by atoms with Crippen molar-refractivity contribution in [3.63, 3.8) is 0 Å². The average Bonchev–Trinajstić information content (AvgIpc) is 3.70. The zero-order valence-electron chi connectivity index (χ0n) is 28.9. The Kier molecular flexibility index (Phi) is 16.8. The minimum absolute atomic E-state index is 0. The van der Waals surface area contributed by atoms with E-state index < -0.39 is 15.8 Å². The summed E-state index contributed by atoms with van der Waals surface area (Å²) in [5.41, 5.74) is 6.89. The van der Waals surface area contributed by atoms with E-state index in [1.807, 2.05) is 0 Å². The van der Waals surface area contributed by atoms with Gasteiger partial charge in [-0.05, 0) is 94.8 Å². The van der Waals surface area contributed by atoms with Crippen molar-refractivity contribution in [3.8, 4) is 0 Å². The standard InChI is InChI=1S/C35H40P2.C5H10.2CH3.Fe/c1-25-19-26(2)22-32(21-25)36(33-23-27(3)20-28(4)24-33)29(5)34-17-12-18-35(34)37(30-13-8-6-9-14-30)31-15-10-7-11-16-31;1-2-4-5-3-1;;;/h6-11,13-16,19-24,29,34-35H,12,17-18H2,1-5H3;1-5H2;2*1H3;/q;;2*-1;+2/t29-,34?,35?;;;;/m0..../s1. The Balaban J connectivity index is 0.000000805. The van der Waals surface area contributed by atoms with Gasteiger partial charge in [0.1, 0.15) is 0 Å². The van der Waals surface area contributed by atoms with Gasteiger partial charge in [0, 0.05) is 0 Å². The van der Waals surface area contributed by atoms with Crippen LogP contribution >= 0.6 is 15.8 Å². The smallest absolute Gasteiger partial charge is 0.358 e. The van der Waals surface area contributed by atoms with Gasteiger partial charge in [0.15, 0.2) is 0 Å². The fourth-order valence-electron chi connectivity index (χ4n) is 7.44. The van der Waals surface area contributed by atoms with Crippen LogP contribution in [-0.4, -0.2) is 11.3 Å². The van der Waals surface area contributed by atoms with Crippen molar-refractivity contribution in [1.29, 1.82) is 0 Å². The van der Waals surface area contributed by atoms with Gasteiger partial charge in [0.05, 0.1) is 0 Å². The second-order valence-electron chi connectivity index (χ2n) is 12.8. The van der Waals surface area contributed by atoms with Crippen LogP contribution in [0.4, 0.5) is 0 Å². The van der Waals surface area contributed by atoms with Gasteiger partial charge in [-0.15, -0.1) is 0 Å². The van der Waals surface area contributed by atoms with Crippen LogP contribution in [0, 0.1) is 48.5 Å². The Bertz CT molecular complexity index is 1270. The Morgan fingerprint density at radius 2 is 0.889 bits per heavy atom.